The van der Waals surface area contributed by atoms with Crippen molar-refractivity contribution in [2.45, 2.75) is 0 Å². The summed E-state index contributed by atoms with van der Waals surface area (Å²) in [6.45, 7) is 0. The SMILES string of the molecule is COc1c(NC(=O)Nc2ccc(Cl)cc2)cc(F)c(F)c1F. The second kappa shape index (κ2) is 6.57. The normalized spacial score (nSPS) is 10.2. The van der Waals surface area contributed by atoms with Crippen molar-refractivity contribution in [3.63, 3.8) is 0 Å². The summed E-state index contributed by atoms with van der Waals surface area (Å²) in [6.07, 6.45) is 0. The van der Waals surface area contributed by atoms with Crippen molar-refractivity contribution in [2.75, 3.05) is 17.7 Å². The van der Waals surface area contributed by atoms with Crippen molar-refractivity contribution >= 4 is 29.0 Å². The molecule has 2 N–H and O–H groups in total. The molecule has 0 aliphatic rings. The quantitative estimate of drug-likeness (QED) is 0.819. The predicted octanol–water partition coefficient (Wildman–Crippen LogP) is 4.41. The topological polar surface area (TPSA) is 50.4 Å². The molecular weight excluding hydrogens is 321 g/mol. The number of methoxy groups -OCH3 is 1. The minimum atomic E-state index is -1.68. The maximum atomic E-state index is 13.5. The van der Waals surface area contributed by atoms with E-state index in [2.05, 4.69) is 15.4 Å². The van der Waals surface area contributed by atoms with Crippen molar-refractivity contribution in [3.05, 3.63) is 52.8 Å². The highest BCUT2D eigenvalue weighted by molar-refractivity contribution is 6.30. The summed E-state index contributed by atoms with van der Waals surface area (Å²) in [5, 5.41) is 5.08. The van der Waals surface area contributed by atoms with Crippen LogP contribution in [0.4, 0.5) is 29.3 Å². The van der Waals surface area contributed by atoms with Crippen LogP contribution >= 0.6 is 11.6 Å². The number of hydrogen-bond acceptors (Lipinski definition) is 2. The van der Waals surface area contributed by atoms with Gasteiger partial charge >= 0.3 is 6.03 Å². The molecule has 0 spiro atoms. The Kier molecular flexibility index (Phi) is 4.77. The Morgan fingerprint density at radius 1 is 1.09 bits per heavy atom. The van der Waals surface area contributed by atoms with Crippen LogP contribution in [-0.2, 0) is 0 Å². The zero-order valence-corrected chi connectivity index (χ0v) is 12.0. The Morgan fingerprint density at radius 2 is 1.73 bits per heavy atom. The van der Waals surface area contributed by atoms with E-state index in [9.17, 15) is 18.0 Å². The molecule has 0 unspecified atom stereocenters. The van der Waals surface area contributed by atoms with Gasteiger partial charge in [0.15, 0.2) is 17.4 Å². The molecule has 0 atom stereocenters. The van der Waals surface area contributed by atoms with Crippen molar-refractivity contribution in [3.8, 4) is 5.75 Å². The van der Waals surface area contributed by atoms with E-state index in [0.29, 0.717) is 16.8 Å². The maximum Gasteiger partial charge on any atom is 0.323 e. The lowest BCUT2D eigenvalue weighted by Gasteiger charge is -2.12. The minimum absolute atomic E-state index is 0.342. The summed E-state index contributed by atoms with van der Waals surface area (Å²) in [5.74, 6) is -5.25. The monoisotopic (exact) mass is 330 g/mol. The fourth-order valence-electron chi connectivity index (χ4n) is 1.69. The molecule has 0 radical (unpaired) electrons. The van der Waals surface area contributed by atoms with Crippen molar-refractivity contribution in [1.82, 2.24) is 0 Å². The van der Waals surface area contributed by atoms with Gasteiger partial charge in [-0.05, 0) is 24.3 Å². The molecular formula is C14H10ClF3N2O2. The average molecular weight is 331 g/mol. The van der Waals surface area contributed by atoms with Crippen LogP contribution in [0.3, 0.4) is 0 Å². The van der Waals surface area contributed by atoms with E-state index in [1.807, 2.05) is 0 Å². The first-order valence-corrected chi connectivity index (χ1v) is 6.35. The first kappa shape index (κ1) is 16.0. The molecule has 0 aliphatic heterocycles. The van der Waals surface area contributed by atoms with Crippen LogP contribution in [0.25, 0.3) is 0 Å². The van der Waals surface area contributed by atoms with Gasteiger partial charge in [-0.25, -0.2) is 13.6 Å². The maximum absolute atomic E-state index is 13.5. The molecule has 2 amide bonds. The standard InChI is InChI=1S/C14H10ClF3N2O2/c1-22-13-10(6-9(16)11(17)12(13)18)20-14(21)19-8-4-2-7(15)3-5-8/h2-6H,1H3,(H2,19,20,21). The van der Waals surface area contributed by atoms with E-state index >= 15 is 0 Å². The van der Waals surface area contributed by atoms with E-state index in [1.165, 1.54) is 12.1 Å². The lowest BCUT2D eigenvalue weighted by Crippen LogP contribution is -2.20. The first-order valence-electron chi connectivity index (χ1n) is 5.97. The fourth-order valence-corrected chi connectivity index (χ4v) is 1.81. The Labute approximate surface area is 128 Å². The summed E-state index contributed by atoms with van der Waals surface area (Å²) < 4.78 is 44.5. The molecule has 0 fully saturated rings. The second-order valence-corrected chi connectivity index (χ2v) is 4.59. The lowest BCUT2D eigenvalue weighted by molar-refractivity contribution is 0.262. The minimum Gasteiger partial charge on any atom is -0.491 e. The average Bonchev–Trinajstić information content (AvgIpc) is 2.48. The molecule has 0 saturated carbocycles. The lowest BCUT2D eigenvalue weighted by atomic mass is 10.2. The van der Waals surface area contributed by atoms with Crippen LogP contribution < -0.4 is 15.4 Å². The molecule has 0 heterocycles. The van der Waals surface area contributed by atoms with Crippen LogP contribution in [0, 0.1) is 17.5 Å². The van der Waals surface area contributed by atoms with Crippen LogP contribution in [-0.4, -0.2) is 13.1 Å². The van der Waals surface area contributed by atoms with E-state index in [-0.39, 0.29) is 5.69 Å². The number of urea groups is 1. The van der Waals surface area contributed by atoms with E-state index in [0.717, 1.165) is 7.11 Å². The van der Waals surface area contributed by atoms with Gasteiger partial charge < -0.3 is 15.4 Å². The Hall–Kier alpha value is -2.41. The molecule has 116 valence electrons. The van der Waals surface area contributed by atoms with Gasteiger partial charge in [0.1, 0.15) is 0 Å². The summed E-state index contributed by atoms with van der Waals surface area (Å²) in [6, 6.07) is 6.00. The third-order valence-corrected chi connectivity index (χ3v) is 2.92. The van der Waals surface area contributed by atoms with Crippen molar-refractivity contribution in [1.29, 1.82) is 0 Å². The van der Waals surface area contributed by atoms with Gasteiger partial charge in [0, 0.05) is 16.8 Å². The summed E-state index contributed by atoms with van der Waals surface area (Å²) in [7, 11) is 1.07. The number of rotatable bonds is 3. The number of hydrogen-bond donors (Lipinski definition) is 2. The number of halogens is 4. The molecule has 0 aromatic heterocycles. The van der Waals surface area contributed by atoms with Gasteiger partial charge in [0.05, 0.1) is 12.8 Å². The zero-order valence-electron chi connectivity index (χ0n) is 11.2. The zero-order chi connectivity index (χ0) is 16.3. The highest BCUT2D eigenvalue weighted by atomic mass is 35.5. The van der Waals surface area contributed by atoms with Crippen molar-refractivity contribution in [2.24, 2.45) is 0 Å². The Balaban J connectivity index is 2.19. The van der Waals surface area contributed by atoms with Gasteiger partial charge in [0.25, 0.3) is 0 Å². The third kappa shape index (κ3) is 3.43. The smallest absolute Gasteiger partial charge is 0.323 e. The molecule has 2 aromatic rings. The van der Waals surface area contributed by atoms with Gasteiger partial charge in [-0.2, -0.15) is 4.39 Å². The Morgan fingerprint density at radius 3 is 2.32 bits per heavy atom. The number of ether oxygens (including phenoxy) is 1. The van der Waals surface area contributed by atoms with Gasteiger partial charge in [-0.1, -0.05) is 11.6 Å². The van der Waals surface area contributed by atoms with E-state index in [4.69, 9.17) is 11.6 Å². The van der Waals surface area contributed by atoms with Crippen LogP contribution in [0.15, 0.2) is 30.3 Å². The molecule has 2 rings (SSSR count). The number of carbonyl (C=O) groups excluding carboxylic acids is 1. The molecule has 4 nitrogen and oxygen atoms in total. The fraction of sp³-hybridized carbons (Fsp3) is 0.0714. The van der Waals surface area contributed by atoms with Crippen LogP contribution in [0.5, 0.6) is 5.75 Å². The highest BCUT2D eigenvalue weighted by Crippen LogP contribution is 2.31. The van der Waals surface area contributed by atoms with Gasteiger partial charge in [0.2, 0.25) is 5.82 Å². The second-order valence-electron chi connectivity index (χ2n) is 4.15. The van der Waals surface area contributed by atoms with Crippen LogP contribution in [0.2, 0.25) is 5.02 Å². The number of amides is 2. The molecule has 0 bridgehead atoms. The van der Waals surface area contributed by atoms with Crippen LogP contribution in [0.1, 0.15) is 0 Å². The first-order chi connectivity index (χ1) is 10.4. The summed E-state index contributed by atoms with van der Waals surface area (Å²) >= 11 is 5.70. The summed E-state index contributed by atoms with van der Waals surface area (Å²) in [4.78, 5) is 11.8. The molecule has 2 aromatic carbocycles. The molecule has 0 aliphatic carbocycles. The number of carbonyl (C=O) groups is 1. The highest BCUT2D eigenvalue weighted by Gasteiger charge is 2.20. The number of nitrogens with one attached hydrogen (secondary N) is 2. The Bertz CT molecular complexity index is 708. The van der Waals surface area contributed by atoms with E-state index < -0.39 is 29.2 Å². The largest absolute Gasteiger partial charge is 0.491 e. The summed E-state index contributed by atoms with van der Waals surface area (Å²) in [5.41, 5.74) is 0.0642. The predicted molar refractivity (Wildman–Crippen MR) is 77.0 cm³/mol. The molecule has 8 heteroatoms. The molecule has 22 heavy (non-hydrogen) atoms. The third-order valence-electron chi connectivity index (χ3n) is 2.67. The number of anilines is 2. The van der Waals surface area contributed by atoms with E-state index in [1.54, 1.807) is 12.1 Å². The molecule has 0 saturated heterocycles. The van der Waals surface area contributed by atoms with Gasteiger partial charge in [-0.3, -0.25) is 0 Å². The van der Waals surface area contributed by atoms with Gasteiger partial charge in [-0.15, -0.1) is 0 Å². The number of benzene rings is 2. The van der Waals surface area contributed by atoms with Crippen molar-refractivity contribution < 1.29 is 22.7 Å².